The second kappa shape index (κ2) is 7.09. The summed E-state index contributed by atoms with van der Waals surface area (Å²) in [6, 6.07) is 4.73. The first-order valence-electron chi connectivity index (χ1n) is 6.88. The number of halogens is 1. The molecule has 20 heavy (non-hydrogen) atoms. The molecular formula is C14H21FN4O. The summed E-state index contributed by atoms with van der Waals surface area (Å²) in [4.78, 5) is 4.51. The highest BCUT2D eigenvalue weighted by Crippen LogP contribution is 2.22. The lowest BCUT2D eigenvalue weighted by Crippen LogP contribution is -2.37. The minimum Gasteiger partial charge on any atom is -0.497 e. The van der Waals surface area contributed by atoms with Gasteiger partial charge in [-0.1, -0.05) is 19.3 Å². The Balaban J connectivity index is 2.10. The van der Waals surface area contributed by atoms with Crippen LogP contribution in [0.15, 0.2) is 23.2 Å². The first kappa shape index (κ1) is 14.6. The van der Waals surface area contributed by atoms with Gasteiger partial charge in [-0.3, -0.25) is 5.43 Å². The van der Waals surface area contributed by atoms with Crippen LogP contribution in [0.2, 0.25) is 0 Å². The Morgan fingerprint density at radius 2 is 2.10 bits per heavy atom. The van der Waals surface area contributed by atoms with E-state index in [1.165, 1.54) is 32.4 Å². The molecule has 6 heteroatoms. The van der Waals surface area contributed by atoms with Gasteiger partial charge in [-0.25, -0.2) is 15.2 Å². The lowest BCUT2D eigenvalue weighted by Gasteiger charge is -2.19. The average Bonchev–Trinajstić information content (AvgIpc) is 2.49. The van der Waals surface area contributed by atoms with E-state index in [1.807, 2.05) is 0 Å². The number of hydrogen-bond donors (Lipinski definition) is 3. The molecular weight excluding hydrogens is 259 g/mol. The van der Waals surface area contributed by atoms with Gasteiger partial charge in [-0.05, 0) is 25.0 Å². The number of anilines is 1. The summed E-state index contributed by atoms with van der Waals surface area (Å²) < 4.78 is 18.8. The summed E-state index contributed by atoms with van der Waals surface area (Å²) in [6.07, 6.45) is 5.72. The monoisotopic (exact) mass is 280 g/mol. The lowest BCUT2D eigenvalue weighted by atomic mass is 9.96. The van der Waals surface area contributed by atoms with Crippen LogP contribution in [0.4, 0.5) is 10.1 Å². The van der Waals surface area contributed by atoms with Crippen molar-refractivity contribution in [2.45, 2.75) is 38.1 Å². The molecule has 0 aliphatic heterocycles. The molecule has 2 rings (SSSR count). The Bertz CT molecular complexity index is 472. The predicted molar refractivity (Wildman–Crippen MR) is 78.2 cm³/mol. The minimum absolute atomic E-state index is 0.246. The fraction of sp³-hybridized carbons (Fsp3) is 0.500. The van der Waals surface area contributed by atoms with Crippen LogP contribution in [0.1, 0.15) is 32.1 Å². The van der Waals surface area contributed by atoms with E-state index in [9.17, 15) is 4.39 Å². The van der Waals surface area contributed by atoms with Crippen LogP contribution < -0.4 is 21.3 Å². The molecule has 0 spiro atoms. The van der Waals surface area contributed by atoms with Gasteiger partial charge in [0.25, 0.3) is 0 Å². The molecule has 0 amide bonds. The largest absolute Gasteiger partial charge is 0.497 e. The second-order valence-corrected chi connectivity index (χ2v) is 4.88. The molecule has 1 saturated carbocycles. The Morgan fingerprint density at radius 1 is 1.35 bits per heavy atom. The first-order chi connectivity index (χ1) is 9.72. The van der Waals surface area contributed by atoms with Gasteiger partial charge < -0.3 is 10.1 Å². The van der Waals surface area contributed by atoms with Crippen LogP contribution in [0.25, 0.3) is 0 Å². The molecule has 5 nitrogen and oxygen atoms in total. The number of hydrogen-bond acceptors (Lipinski definition) is 3. The van der Waals surface area contributed by atoms with Gasteiger partial charge in [0, 0.05) is 6.07 Å². The van der Waals surface area contributed by atoms with Crippen molar-refractivity contribution in [3.8, 4) is 5.75 Å². The molecule has 4 N–H and O–H groups in total. The number of nitrogens with one attached hydrogen (secondary N) is 2. The summed E-state index contributed by atoms with van der Waals surface area (Å²) in [5.41, 5.74) is 2.78. The summed E-state index contributed by atoms with van der Waals surface area (Å²) in [6.45, 7) is 0. The maximum Gasteiger partial charge on any atom is 0.210 e. The molecule has 0 heterocycles. The number of guanidine groups is 1. The van der Waals surface area contributed by atoms with Crippen molar-refractivity contribution in [2.75, 3.05) is 12.4 Å². The van der Waals surface area contributed by atoms with E-state index in [0.29, 0.717) is 11.7 Å². The Morgan fingerprint density at radius 3 is 2.75 bits per heavy atom. The van der Waals surface area contributed by atoms with E-state index in [2.05, 4.69) is 15.7 Å². The molecule has 110 valence electrons. The third-order valence-electron chi connectivity index (χ3n) is 3.45. The van der Waals surface area contributed by atoms with Gasteiger partial charge in [0.05, 0.1) is 18.8 Å². The van der Waals surface area contributed by atoms with E-state index in [0.717, 1.165) is 12.8 Å². The summed E-state index contributed by atoms with van der Waals surface area (Å²) in [7, 11) is 1.54. The van der Waals surface area contributed by atoms with Crippen LogP contribution in [0.3, 0.4) is 0 Å². The predicted octanol–water partition coefficient (Wildman–Crippen LogP) is 2.40. The van der Waals surface area contributed by atoms with Crippen LogP contribution in [-0.2, 0) is 0 Å². The fourth-order valence-electron chi connectivity index (χ4n) is 2.35. The first-order valence-corrected chi connectivity index (χ1v) is 6.88. The molecule has 0 saturated heterocycles. The van der Waals surface area contributed by atoms with Crippen molar-refractivity contribution in [1.82, 2.24) is 5.43 Å². The number of nitrogens with two attached hydrogens (primary N) is 1. The lowest BCUT2D eigenvalue weighted by molar-refractivity contribution is 0.414. The summed E-state index contributed by atoms with van der Waals surface area (Å²) in [5.74, 6) is 6.03. The topological polar surface area (TPSA) is 71.7 Å². The number of aliphatic imine (C=N–C) groups is 1. The number of ether oxygens (including phenoxy) is 1. The quantitative estimate of drug-likeness (QED) is 0.344. The van der Waals surface area contributed by atoms with Crippen LogP contribution in [-0.4, -0.2) is 19.1 Å². The van der Waals surface area contributed by atoms with Gasteiger partial charge in [-0.2, -0.15) is 0 Å². The standard InChI is InChI=1S/C14H21FN4O/c1-20-11-7-8-12(15)13(9-11)18-14(19-16)17-10-5-3-2-4-6-10/h7-10H,2-6,16H2,1H3,(H2,17,18,19). The number of methoxy groups -OCH3 is 1. The minimum atomic E-state index is -0.377. The average molecular weight is 280 g/mol. The maximum atomic E-state index is 13.7. The summed E-state index contributed by atoms with van der Waals surface area (Å²) in [5, 5.41) is 2.88. The highest BCUT2D eigenvalue weighted by molar-refractivity contribution is 5.93. The zero-order chi connectivity index (χ0) is 14.4. The number of rotatable bonds is 3. The SMILES string of the molecule is COc1ccc(F)c(NC(=NC2CCCCC2)NN)c1. The van der Waals surface area contributed by atoms with Gasteiger partial charge in [0.2, 0.25) is 5.96 Å². The fourth-order valence-corrected chi connectivity index (χ4v) is 2.35. The number of nitrogens with zero attached hydrogens (tertiary/aromatic N) is 1. The van der Waals surface area contributed by atoms with E-state index >= 15 is 0 Å². The molecule has 1 aromatic rings. The molecule has 1 fully saturated rings. The molecule has 1 aliphatic carbocycles. The van der Waals surface area contributed by atoms with Gasteiger partial charge >= 0.3 is 0 Å². The molecule has 0 unspecified atom stereocenters. The number of hydrazine groups is 1. The highest BCUT2D eigenvalue weighted by Gasteiger charge is 2.14. The van der Waals surface area contributed by atoms with Gasteiger partial charge in [0.1, 0.15) is 11.6 Å². The third-order valence-corrected chi connectivity index (χ3v) is 3.45. The van der Waals surface area contributed by atoms with Crippen LogP contribution >= 0.6 is 0 Å². The molecule has 1 aliphatic rings. The van der Waals surface area contributed by atoms with Crippen molar-refractivity contribution in [3.05, 3.63) is 24.0 Å². The van der Waals surface area contributed by atoms with E-state index in [-0.39, 0.29) is 17.5 Å². The van der Waals surface area contributed by atoms with Crippen molar-refractivity contribution in [1.29, 1.82) is 0 Å². The normalized spacial score (nSPS) is 16.9. The zero-order valence-corrected chi connectivity index (χ0v) is 11.7. The van der Waals surface area contributed by atoms with Crippen molar-refractivity contribution < 1.29 is 9.13 Å². The molecule has 1 aromatic carbocycles. The zero-order valence-electron chi connectivity index (χ0n) is 11.7. The maximum absolute atomic E-state index is 13.7. The van der Waals surface area contributed by atoms with E-state index in [1.54, 1.807) is 12.1 Å². The number of benzene rings is 1. The molecule has 0 bridgehead atoms. The van der Waals surface area contributed by atoms with E-state index in [4.69, 9.17) is 10.6 Å². The van der Waals surface area contributed by atoms with E-state index < -0.39 is 0 Å². The Kier molecular flexibility index (Phi) is 5.17. The van der Waals surface area contributed by atoms with Crippen molar-refractivity contribution >= 4 is 11.6 Å². The summed E-state index contributed by atoms with van der Waals surface area (Å²) >= 11 is 0. The van der Waals surface area contributed by atoms with Crippen LogP contribution in [0, 0.1) is 5.82 Å². The third kappa shape index (κ3) is 3.84. The van der Waals surface area contributed by atoms with Crippen molar-refractivity contribution in [3.63, 3.8) is 0 Å². The second-order valence-electron chi connectivity index (χ2n) is 4.88. The molecule has 0 atom stereocenters. The van der Waals surface area contributed by atoms with Crippen molar-refractivity contribution in [2.24, 2.45) is 10.8 Å². The van der Waals surface area contributed by atoms with Gasteiger partial charge in [-0.15, -0.1) is 0 Å². The molecule has 0 radical (unpaired) electrons. The van der Waals surface area contributed by atoms with Crippen LogP contribution in [0.5, 0.6) is 5.75 Å². The smallest absolute Gasteiger partial charge is 0.210 e. The Labute approximate surface area is 118 Å². The Hall–Kier alpha value is -1.82. The van der Waals surface area contributed by atoms with Gasteiger partial charge in [0.15, 0.2) is 0 Å². The molecule has 0 aromatic heterocycles. The highest BCUT2D eigenvalue weighted by atomic mass is 19.1.